The molecule has 0 bridgehead atoms. The molecule has 0 saturated carbocycles. The second-order valence-corrected chi connectivity index (χ2v) is 6.97. The zero-order chi connectivity index (χ0) is 19.2. The first-order valence-corrected chi connectivity index (χ1v) is 9.74. The SMILES string of the molecule is O=C(NCCCn1ccc2ccccc21)C(c1ccccc1)c1ccccc1. The fraction of sp³-hybridized carbons (Fsp3) is 0.160. The Balaban J connectivity index is 1.41. The average molecular weight is 368 g/mol. The Hall–Kier alpha value is -3.33. The zero-order valence-corrected chi connectivity index (χ0v) is 15.8. The summed E-state index contributed by atoms with van der Waals surface area (Å²) in [5.41, 5.74) is 3.27. The Morgan fingerprint density at radius 3 is 2.07 bits per heavy atom. The van der Waals surface area contributed by atoms with Crippen molar-refractivity contribution in [2.75, 3.05) is 6.54 Å². The summed E-state index contributed by atoms with van der Waals surface area (Å²) in [5, 5.41) is 4.39. The van der Waals surface area contributed by atoms with Crippen LogP contribution in [-0.4, -0.2) is 17.0 Å². The third kappa shape index (κ3) is 3.99. The van der Waals surface area contributed by atoms with Crippen LogP contribution in [0, 0.1) is 0 Å². The topological polar surface area (TPSA) is 34.0 Å². The van der Waals surface area contributed by atoms with Crippen LogP contribution in [0.1, 0.15) is 23.5 Å². The van der Waals surface area contributed by atoms with E-state index in [-0.39, 0.29) is 11.8 Å². The molecule has 3 heteroatoms. The van der Waals surface area contributed by atoms with Crippen molar-refractivity contribution in [3.63, 3.8) is 0 Å². The number of hydrogen-bond acceptors (Lipinski definition) is 1. The van der Waals surface area contributed by atoms with Gasteiger partial charge < -0.3 is 9.88 Å². The van der Waals surface area contributed by atoms with E-state index < -0.39 is 0 Å². The number of fused-ring (bicyclic) bond motifs is 1. The molecule has 0 aliphatic rings. The normalized spacial score (nSPS) is 11.0. The number of amides is 1. The van der Waals surface area contributed by atoms with Gasteiger partial charge in [0.1, 0.15) is 0 Å². The number of aromatic nitrogens is 1. The maximum Gasteiger partial charge on any atom is 0.232 e. The van der Waals surface area contributed by atoms with Crippen LogP contribution in [0.25, 0.3) is 10.9 Å². The summed E-state index contributed by atoms with van der Waals surface area (Å²) in [7, 11) is 0. The first-order chi connectivity index (χ1) is 13.8. The number of para-hydroxylation sites is 1. The molecule has 1 aromatic heterocycles. The van der Waals surface area contributed by atoms with E-state index in [1.54, 1.807) is 0 Å². The van der Waals surface area contributed by atoms with Crippen molar-refractivity contribution in [1.29, 1.82) is 0 Å². The minimum atomic E-state index is -0.283. The van der Waals surface area contributed by atoms with Crippen molar-refractivity contribution in [2.24, 2.45) is 0 Å². The fourth-order valence-electron chi connectivity index (χ4n) is 3.68. The van der Waals surface area contributed by atoms with Gasteiger partial charge >= 0.3 is 0 Å². The standard InChI is InChI=1S/C25H24N2O/c28-25(24(21-11-3-1-4-12-21)22-13-5-2-6-14-22)26-17-9-18-27-19-16-20-10-7-8-15-23(20)27/h1-8,10-16,19,24H,9,17-18H2,(H,26,28). The summed E-state index contributed by atoms with van der Waals surface area (Å²) in [4.78, 5) is 13.0. The predicted octanol–water partition coefficient (Wildman–Crippen LogP) is 4.98. The minimum Gasteiger partial charge on any atom is -0.355 e. The Morgan fingerprint density at radius 1 is 0.786 bits per heavy atom. The molecule has 1 amide bonds. The van der Waals surface area contributed by atoms with Crippen LogP contribution < -0.4 is 5.32 Å². The average Bonchev–Trinajstić information content (AvgIpc) is 3.16. The summed E-state index contributed by atoms with van der Waals surface area (Å²) < 4.78 is 2.24. The van der Waals surface area contributed by atoms with Crippen molar-refractivity contribution >= 4 is 16.8 Å². The van der Waals surface area contributed by atoms with E-state index in [1.807, 2.05) is 60.7 Å². The smallest absolute Gasteiger partial charge is 0.232 e. The lowest BCUT2D eigenvalue weighted by atomic mass is 9.90. The van der Waals surface area contributed by atoms with Crippen LogP contribution in [0.4, 0.5) is 0 Å². The molecule has 0 radical (unpaired) electrons. The monoisotopic (exact) mass is 368 g/mol. The van der Waals surface area contributed by atoms with Crippen LogP contribution in [-0.2, 0) is 11.3 Å². The Labute approximate surface area is 165 Å². The summed E-state index contributed by atoms with van der Waals surface area (Å²) in [6, 6.07) is 30.5. The highest BCUT2D eigenvalue weighted by Gasteiger charge is 2.21. The molecule has 4 rings (SSSR count). The molecule has 0 aliphatic carbocycles. The molecule has 0 aliphatic heterocycles. The molecule has 1 heterocycles. The molecule has 0 unspecified atom stereocenters. The number of rotatable bonds is 7. The van der Waals surface area contributed by atoms with Crippen LogP contribution in [0.5, 0.6) is 0 Å². The first-order valence-electron chi connectivity index (χ1n) is 9.74. The summed E-state index contributed by atoms with van der Waals surface area (Å²) >= 11 is 0. The molecular weight excluding hydrogens is 344 g/mol. The van der Waals surface area contributed by atoms with E-state index in [9.17, 15) is 4.79 Å². The third-order valence-electron chi connectivity index (χ3n) is 5.08. The number of nitrogens with zero attached hydrogens (tertiary/aromatic N) is 1. The first kappa shape index (κ1) is 18.1. The van der Waals surface area contributed by atoms with Gasteiger partial charge in [0.05, 0.1) is 5.92 Å². The Morgan fingerprint density at radius 2 is 1.39 bits per heavy atom. The molecule has 0 saturated heterocycles. The van der Waals surface area contributed by atoms with E-state index in [4.69, 9.17) is 0 Å². The van der Waals surface area contributed by atoms with Gasteiger partial charge in [-0.15, -0.1) is 0 Å². The predicted molar refractivity (Wildman–Crippen MR) is 114 cm³/mol. The summed E-state index contributed by atoms with van der Waals surface area (Å²) in [5.74, 6) is -0.232. The zero-order valence-electron chi connectivity index (χ0n) is 15.8. The Bertz CT molecular complexity index is 998. The second kappa shape index (κ2) is 8.57. The molecule has 3 nitrogen and oxygen atoms in total. The van der Waals surface area contributed by atoms with Gasteiger partial charge in [-0.3, -0.25) is 4.79 Å². The van der Waals surface area contributed by atoms with Crippen molar-refractivity contribution in [2.45, 2.75) is 18.9 Å². The van der Waals surface area contributed by atoms with Crippen LogP contribution >= 0.6 is 0 Å². The maximum absolute atomic E-state index is 13.0. The van der Waals surface area contributed by atoms with Gasteiger partial charge in [-0.2, -0.15) is 0 Å². The molecular formula is C25H24N2O. The summed E-state index contributed by atoms with van der Waals surface area (Å²) in [6.07, 6.45) is 3.00. The molecule has 3 aromatic carbocycles. The highest BCUT2D eigenvalue weighted by atomic mass is 16.1. The van der Waals surface area contributed by atoms with E-state index in [0.29, 0.717) is 6.54 Å². The maximum atomic E-state index is 13.0. The number of carbonyl (C=O) groups excluding carboxylic acids is 1. The van der Waals surface area contributed by atoms with E-state index in [0.717, 1.165) is 24.1 Å². The Kier molecular flexibility index (Phi) is 5.53. The van der Waals surface area contributed by atoms with E-state index in [2.05, 4.69) is 46.4 Å². The van der Waals surface area contributed by atoms with Gasteiger partial charge in [0.2, 0.25) is 5.91 Å². The van der Waals surface area contributed by atoms with Gasteiger partial charge in [0, 0.05) is 24.8 Å². The van der Waals surface area contributed by atoms with Gasteiger partial charge in [-0.25, -0.2) is 0 Å². The molecule has 28 heavy (non-hydrogen) atoms. The largest absolute Gasteiger partial charge is 0.355 e. The molecule has 0 spiro atoms. The number of nitrogens with one attached hydrogen (secondary N) is 1. The van der Waals surface area contributed by atoms with Crippen LogP contribution in [0.3, 0.4) is 0 Å². The van der Waals surface area contributed by atoms with Crippen molar-refractivity contribution in [3.05, 3.63) is 108 Å². The molecule has 4 aromatic rings. The summed E-state index contributed by atoms with van der Waals surface area (Å²) in [6.45, 7) is 1.54. The second-order valence-electron chi connectivity index (χ2n) is 6.97. The van der Waals surface area contributed by atoms with Gasteiger partial charge in [-0.05, 0) is 35.1 Å². The van der Waals surface area contributed by atoms with Crippen molar-refractivity contribution < 1.29 is 4.79 Å². The van der Waals surface area contributed by atoms with E-state index in [1.165, 1.54) is 10.9 Å². The molecule has 140 valence electrons. The van der Waals surface area contributed by atoms with Crippen molar-refractivity contribution in [3.8, 4) is 0 Å². The lowest BCUT2D eigenvalue weighted by molar-refractivity contribution is -0.121. The van der Waals surface area contributed by atoms with Crippen molar-refractivity contribution in [1.82, 2.24) is 9.88 Å². The number of benzene rings is 3. The van der Waals surface area contributed by atoms with Crippen LogP contribution in [0.15, 0.2) is 97.2 Å². The minimum absolute atomic E-state index is 0.0507. The molecule has 0 fully saturated rings. The van der Waals surface area contributed by atoms with Gasteiger partial charge in [0.15, 0.2) is 0 Å². The molecule has 0 atom stereocenters. The lowest BCUT2D eigenvalue weighted by Crippen LogP contribution is -2.31. The highest BCUT2D eigenvalue weighted by Crippen LogP contribution is 2.24. The number of aryl methyl sites for hydroxylation is 1. The van der Waals surface area contributed by atoms with Gasteiger partial charge in [-0.1, -0.05) is 78.9 Å². The number of carbonyl (C=O) groups is 1. The third-order valence-corrected chi connectivity index (χ3v) is 5.08. The fourth-order valence-corrected chi connectivity index (χ4v) is 3.68. The van der Waals surface area contributed by atoms with E-state index >= 15 is 0 Å². The highest BCUT2D eigenvalue weighted by molar-refractivity contribution is 5.87. The molecule has 1 N–H and O–H groups in total. The van der Waals surface area contributed by atoms with Crippen LogP contribution in [0.2, 0.25) is 0 Å². The number of hydrogen-bond donors (Lipinski definition) is 1. The lowest BCUT2D eigenvalue weighted by Gasteiger charge is -2.18. The van der Waals surface area contributed by atoms with Gasteiger partial charge in [0.25, 0.3) is 0 Å². The quantitative estimate of drug-likeness (QED) is 0.459.